The minimum absolute atomic E-state index is 0.227. The van der Waals surface area contributed by atoms with E-state index in [0.717, 1.165) is 0 Å². The summed E-state index contributed by atoms with van der Waals surface area (Å²) >= 11 is 5.88. The lowest BCUT2D eigenvalue weighted by Crippen LogP contribution is -2.21. The van der Waals surface area contributed by atoms with Gasteiger partial charge in [-0.15, -0.1) is 0 Å². The van der Waals surface area contributed by atoms with E-state index in [2.05, 4.69) is 15.4 Å². The average molecular weight is 305 g/mol. The van der Waals surface area contributed by atoms with Crippen molar-refractivity contribution in [2.75, 3.05) is 17.7 Å². The molecular weight excluding hydrogens is 292 g/mol. The van der Waals surface area contributed by atoms with Crippen LogP contribution in [0.1, 0.15) is 10.4 Å². The first kappa shape index (κ1) is 14.9. The van der Waals surface area contributed by atoms with Gasteiger partial charge in [0.1, 0.15) is 0 Å². The number of hydrogen-bond acceptors (Lipinski definition) is 3. The number of carbonyl (C=O) groups is 2. The van der Waals surface area contributed by atoms with Gasteiger partial charge in [-0.3, -0.25) is 0 Å². The van der Waals surface area contributed by atoms with Crippen molar-refractivity contribution >= 4 is 35.0 Å². The van der Waals surface area contributed by atoms with Gasteiger partial charge in [0.25, 0.3) is 0 Å². The number of methoxy groups -OCH3 is 1. The van der Waals surface area contributed by atoms with Crippen molar-refractivity contribution in [3.05, 3.63) is 59.1 Å². The summed E-state index contributed by atoms with van der Waals surface area (Å²) in [7, 11) is 1.27. The predicted octanol–water partition coefficient (Wildman–Crippen LogP) is 3.77. The van der Waals surface area contributed by atoms with Crippen LogP contribution in [0.5, 0.6) is 0 Å². The fraction of sp³-hybridized carbons (Fsp3) is 0.0667. The van der Waals surface area contributed by atoms with Crippen molar-refractivity contribution in [2.45, 2.75) is 0 Å². The van der Waals surface area contributed by atoms with Crippen LogP contribution in [0.25, 0.3) is 0 Å². The molecule has 2 amide bonds. The van der Waals surface area contributed by atoms with E-state index in [1.54, 1.807) is 30.3 Å². The van der Waals surface area contributed by atoms with Crippen molar-refractivity contribution in [3.8, 4) is 0 Å². The number of amides is 2. The molecule has 0 aliphatic rings. The maximum Gasteiger partial charge on any atom is 0.339 e. The number of carbonyl (C=O) groups excluding carboxylic acids is 2. The molecule has 2 aromatic carbocycles. The molecular formula is C15H13ClN2O3. The molecule has 5 nitrogen and oxygen atoms in total. The number of esters is 1. The van der Waals surface area contributed by atoms with Gasteiger partial charge in [0.15, 0.2) is 0 Å². The standard InChI is InChI=1S/C15H13ClN2O3/c1-21-14(19)12-8-7-10(16)9-13(12)18-15(20)17-11-5-3-2-4-6-11/h2-9H,1H3,(H2,17,18,20). The van der Waals surface area contributed by atoms with Crippen LogP contribution in [-0.4, -0.2) is 19.1 Å². The van der Waals surface area contributed by atoms with Gasteiger partial charge in [-0.25, -0.2) is 9.59 Å². The molecule has 0 heterocycles. The summed E-state index contributed by atoms with van der Waals surface area (Å²) in [4.78, 5) is 23.6. The number of benzene rings is 2. The Balaban J connectivity index is 2.16. The van der Waals surface area contributed by atoms with Gasteiger partial charge in [0.2, 0.25) is 0 Å². The Hall–Kier alpha value is -2.53. The quantitative estimate of drug-likeness (QED) is 0.848. The summed E-state index contributed by atoms with van der Waals surface area (Å²) in [6.45, 7) is 0. The number of para-hydroxylation sites is 1. The lowest BCUT2D eigenvalue weighted by atomic mass is 10.2. The van der Waals surface area contributed by atoms with Crippen LogP contribution >= 0.6 is 11.6 Å². The number of halogens is 1. The fourth-order valence-electron chi connectivity index (χ4n) is 1.71. The van der Waals surface area contributed by atoms with Gasteiger partial charge in [-0.1, -0.05) is 29.8 Å². The zero-order valence-corrected chi connectivity index (χ0v) is 12.0. The Morgan fingerprint density at radius 2 is 1.76 bits per heavy atom. The predicted molar refractivity (Wildman–Crippen MR) is 81.9 cm³/mol. The van der Waals surface area contributed by atoms with Crippen LogP contribution in [0.2, 0.25) is 5.02 Å². The van der Waals surface area contributed by atoms with Crippen LogP contribution in [-0.2, 0) is 4.74 Å². The minimum atomic E-state index is -0.554. The molecule has 0 unspecified atom stereocenters. The van der Waals surface area contributed by atoms with E-state index in [1.807, 2.05) is 6.07 Å². The number of hydrogen-bond donors (Lipinski definition) is 2. The third kappa shape index (κ3) is 3.97. The highest BCUT2D eigenvalue weighted by molar-refractivity contribution is 6.31. The summed E-state index contributed by atoms with van der Waals surface area (Å²) in [5.41, 5.74) is 1.14. The Kier molecular flexibility index (Phi) is 4.79. The first-order valence-electron chi connectivity index (χ1n) is 6.11. The van der Waals surface area contributed by atoms with Gasteiger partial charge < -0.3 is 15.4 Å². The minimum Gasteiger partial charge on any atom is -0.465 e. The van der Waals surface area contributed by atoms with Crippen LogP contribution in [0, 0.1) is 0 Å². The molecule has 0 bridgehead atoms. The van der Waals surface area contributed by atoms with E-state index in [0.29, 0.717) is 10.7 Å². The average Bonchev–Trinajstić information content (AvgIpc) is 2.47. The highest BCUT2D eigenvalue weighted by Crippen LogP contribution is 2.22. The van der Waals surface area contributed by atoms with Crippen molar-refractivity contribution in [2.24, 2.45) is 0 Å². The Bertz CT molecular complexity index is 659. The molecule has 0 fully saturated rings. The highest BCUT2D eigenvalue weighted by Gasteiger charge is 2.14. The summed E-state index contributed by atoms with van der Waals surface area (Å²) in [6.07, 6.45) is 0. The van der Waals surface area contributed by atoms with Gasteiger partial charge in [0.05, 0.1) is 18.4 Å². The molecule has 6 heteroatoms. The van der Waals surface area contributed by atoms with E-state index < -0.39 is 12.0 Å². The van der Waals surface area contributed by atoms with Crippen LogP contribution in [0.3, 0.4) is 0 Å². The summed E-state index contributed by atoms with van der Waals surface area (Å²) in [6, 6.07) is 13.0. The molecule has 0 aliphatic heterocycles. The lowest BCUT2D eigenvalue weighted by Gasteiger charge is -2.11. The second-order valence-electron chi connectivity index (χ2n) is 4.13. The molecule has 2 rings (SSSR count). The maximum atomic E-state index is 11.9. The first-order chi connectivity index (χ1) is 10.1. The fourth-order valence-corrected chi connectivity index (χ4v) is 1.89. The highest BCUT2D eigenvalue weighted by atomic mass is 35.5. The van der Waals surface area contributed by atoms with Crippen molar-refractivity contribution in [1.29, 1.82) is 0 Å². The number of rotatable bonds is 3. The third-order valence-electron chi connectivity index (χ3n) is 2.67. The van der Waals surface area contributed by atoms with Crippen molar-refractivity contribution in [3.63, 3.8) is 0 Å². The third-order valence-corrected chi connectivity index (χ3v) is 2.90. The SMILES string of the molecule is COC(=O)c1ccc(Cl)cc1NC(=O)Nc1ccccc1. The van der Waals surface area contributed by atoms with Crippen molar-refractivity contribution in [1.82, 2.24) is 0 Å². The topological polar surface area (TPSA) is 67.4 Å². The molecule has 2 aromatic rings. The largest absolute Gasteiger partial charge is 0.465 e. The van der Waals surface area contributed by atoms with Crippen LogP contribution in [0.4, 0.5) is 16.2 Å². The normalized spacial score (nSPS) is 9.81. The van der Waals surface area contributed by atoms with E-state index in [1.165, 1.54) is 19.2 Å². The molecule has 0 radical (unpaired) electrons. The summed E-state index contributed by atoms with van der Waals surface area (Å²) < 4.78 is 4.66. The van der Waals surface area contributed by atoms with E-state index in [-0.39, 0.29) is 11.3 Å². The summed E-state index contributed by atoms with van der Waals surface area (Å²) in [5.74, 6) is -0.554. The maximum absolute atomic E-state index is 11.9. The Labute approximate surface area is 126 Å². The van der Waals surface area contributed by atoms with Crippen molar-refractivity contribution < 1.29 is 14.3 Å². The molecule has 21 heavy (non-hydrogen) atoms. The number of ether oxygens (including phenoxy) is 1. The molecule has 0 saturated carbocycles. The Morgan fingerprint density at radius 1 is 1.05 bits per heavy atom. The van der Waals surface area contributed by atoms with Crippen LogP contribution < -0.4 is 10.6 Å². The number of urea groups is 1. The van der Waals surface area contributed by atoms with Gasteiger partial charge in [0, 0.05) is 10.7 Å². The molecule has 108 valence electrons. The molecule has 0 atom stereocenters. The summed E-state index contributed by atoms with van der Waals surface area (Å²) in [5, 5.41) is 5.63. The molecule has 0 aromatic heterocycles. The molecule has 0 spiro atoms. The lowest BCUT2D eigenvalue weighted by molar-refractivity contribution is 0.0602. The van der Waals surface area contributed by atoms with Gasteiger partial charge in [-0.05, 0) is 30.3 Å². The van der Waals surface area contributed by atoms with E-state index in [4.69, 9.17) is 11.6 Å². The smallest absolute Gasteiger partial charge is 0.339 e. The number of nitrogens with one attached hydrogen (secondary N) is 2. The van der Waals surface area contributed by atoms with Gasteiger partial charge >= 0.3 is 12.0 Å². The second kappa shape index (κ2) is 6.76. The Morgan fingerprint density at radius 3 is 2.43 bits per heavy atom. The van der Waals surface area contributed by atoms with Gasteiger partial charge in [-0.2, -0.15) is 0 Å². The van der Waals surface area contributed by atoms with Crippen LogP contribution in [0.15, 0.2) is 48.5 Å². The zero-order chi connectivity index (χ0) is 15.2. The molecule has 2 N–H and O–H groups in total. The van der Waals surface area contributed by atoms with E-state index >= 15 is 0 Å². The first-order valence-corrected chi connectivity index (χ1v) is 6.49. The monoisotopic (exact) mass is 304 g/mol. The zero-order valence-electron chi connectivity index (χ0n) is 11.2. The van der Waals surface area contributed by atoms with E-state index in [9.17, 15) is 9.59 Å². The molecule has 0 aliphatic carbocycles. The second-order valence-corrected chi connectivity index (χ2v) is 4.56. The number of anilines is 2. The molecule has 0 saturated heterocycles.